The number of carboxylic acid groups (broad SMARTS) is 1. The number of hydrogen-bond donors (Lipinski definition) is 3. The van der Waals surface area contributed by atoms with Gasteiger partial charge in [0.15, 0.2) is 11.9 Å². The molecule has 0 saturated heterocycles. The van der Waals surface area contributed by atoms with Crippen molar-refractivity contribution in [2.75, 3.05) is 6.61 Å². The van der Waals surface area contributed by atoms with Crippen LogP contribution in [0.4, 0.5) is 9.18 Å². The number of aryl methyl sites for hydroxylation is 1. The van der Waals surface area contributed by atoms with Gasteiger partial charge in [0.25, 0.3) is 0 Å². The van der Waals surface area contributed by atoms with Crippen molar-refractivity contribution in [3.63, 3.8) is 0 Å². The van der Waals surface area contributed by atoms with Crippen molar-refractivity contribution in [3.8, 4) is 16.6 Å². The zero-order valence-corrected chi connectivity index (χ0v) is 20.2. The van der Waals surface area contributed by atoms with E-state index in [-0.39, 0.29) is 16.4 Å². The first-order chi connectivity index (χ1) is 15.9. The van der Waals surface area contributed by atoms with Gasteiger partial charge in [0.05, 0.1) is 10.4 Å². The molecule has 34 heavy (non-hydrogen) atoms. The van der Waals surface area contributed by atoms with Crippen molar-refractivity contribution >= 4 is 46.5 Å². The molecule has 3 N–H and O–H groups in total. The molecule has 180 valence electrons. The fourth-order valence-electron chi connectivity index (χ4n) is 2.31. The van der Waals surface area contributed by atoms with Crippen LogP contribution >= 0.6 is 22.9 Å². The Balaban J connectivity index is 2.18. The predicted octanol–water partition coefficient (Wildman–Crippen LogP) is 4.36. The molecule has 0 saturated carbocycles. The van der Waals surface area contributed by atoms with Crippen LogP contribution in [0.2, 0.25) is 5.02 Å². The van der Waals surface area contributed by atoms with Gasteiger partial charge in [0, 0.05) is 10.4 Å². The third-order valence-corrected chi connectivity index (χ3v) is 5.61. The molecule has 10 nitrogen and oxygen atoms in total. The van der Waals surface area contributed by atoms with Gasteiger partial charge in [-0.25, -0.2) is 14.2 Å². The van der Waals surface area contributed by atoms with Crippen molar-refractivity contribution in [2.24, 2.45) is 10.5 Å². The Morgan fingerprint density at radius 1 is 1.47 bits per heavy atom. The zero-order chi connectivity index (χ0) is 25.6. The second kappa shape index (κ2) is 11.0. The van der Waals surface area contributed by atoms with Crippen LogP contribution in [-0.2, 0) is 14.3 Å². The van der Waals surface area contributed by atoms with Gasteiger partial charge in [0.2, 0.25) is 0 Å². The maximum absolute atomic E-state index is 13.5. The summed E-state index contributed by atoms with van der Waals surface area (Å²) >= 11 is 7.08. The Morgan fingerprint density at radius 2 is 2.15 bits per heavy atom. The van der Waals surface area contributed by atoms with Crippen LogP contribution in [0.5, 0.6) is 0 Å². The number of benzene rings is 1. The van der Waals surface area contributed by atoms with Crippen molar-refractivity contribution in [1.29, 1.82) is 10.7 Å². The summed E-state index contributed by atoms with van der Waals surface area (Å²) in [7, 11) is 0. The summed E-state index contributed by atoms with van der Waals surface area (Å²) in [5.74, 6) is -1.72. The fraction of sp³-hybridized carbons (Fsp3) is 0.333. The van der Waals surface area contributed by atoms with E-state index in [4.69, 9.17) is 31.6 Å². The minimum Gasteiger partial charge on any atom is -0.481 e. The first-order valence-corrected chi connectivity index (χ1v) is 10.9. The number of thiazole rings is 1. The monoisotopic (exact) mass is 509 g/mol. The van der Waals surface area contributed by atoms with Crippen molar-refractivity contribution < 1.29 is 28.6 Å². The molecule has 1 unspecified atom stereocenters. The molecule has 0 aliphatic rings. The SMILES string of the molecule is Cc1sc(-c2ccc(F)c(Cl)c2)nc1/C(=N/NC(C)OC(=O)OCC(C)(C)C(=O)O)C(=N)C#N. The number of nitrogens with zero attached hydrogens (tertiary/aromatic N) is 3. The van der Waals surface area contributed by atoms with Gasteiger partial charge in [-0.1, -0.05) is 11.6 Å². The van der Waals surface area contributed by atoms with Gasteiger partial charge in [-0.05, 0) is 45.9 Å². The Bertz CT molecular complexity index is 1190. The lowest BCUT2D eigenvalue weighted by Crippen LogP contribution is -2.33. The van der Waals surface area contributed by atoms with Crippen LogP contribution in [0.25, 0.3) is 10.6 Å². The summed E-state index contributed by atoms with van der Waals surface area (Å²) in [5.41, 5.74) is 1.37. The molecule has 0 spiro atoms. The minimum atomic E-state index is -1.29. The molecule has 0 aliphatic heterocycles. The van der Waals surface area contributed by atoms with E-state index in [1.165, 1.54) is 50.3 Å². The molecular formula is C21H21ClFN5O5S. The second-order valence-electron chi connectivity index (χ2n) is 7.62. The summed E-state index contributed by atoms with van der Waals surface area (Å²) in [6.45, 7) is 5.50. The van der Waals surface area contributed by atoms with E-state index in [0.717, 1.165) is 0 Å². The van der Waals surface area contributed by atoms with Gasteiger partial charge < -0.3 is 14.6 Å². The summed E-state index contributed by atoms with van der Waals surface area (Å²) in [6, 6.07) is 5.81. The smallest absolute Gasteiger partial charge is 0.481 e. The molecule has 0 bridgehead atoms. The molecule has 13 heteroatoms. The number of carbonyl (C=O) groups excluding carboxylic acids is 1. The lowest BCUT2D eigenvalue weighted by atomic mass is 9.95. The third-order valence-electron chi connectivity index (χ3n) is 4.30. The molecule has 1 heterocycles. The number of hydrogen-bond acceptors (Lipinski definition) is 10. The van der Waals surface area contributed by atoms with Gasteiger partial charge in [0.1, 0.15) is 34.9 Å². The molecular weight excluding hydrogens is 489 g/mol. The first-order valence-electron chi connectivity index (χ1n) is 9.68. The Hall–Kier alpha value is -3.56. The molecule has 0 amide bonds. The van der Waals surface area contributed by atoms with Crippen LogP contribution < -0.4 is 5.43 Å². The minimum absolute atomic E-state index is 0.0724. The van der Waals surface area contributed by atoms with Crippen LogP contribution in [-0.4, -0.2) is 46.5 Å². The maximum atomic E-state index is 13.5. The highest BCUT2D eigenvalue weighted by Crippen LogP contribution is 2.30. The van der Waals surface area contributed by atoms with Gasteiger partial charge in [-0.15, -0.1) is 11.3 Å². The van der Waals surface area contributed by atoms with E-state index in [9.17, 15) is 19.2 Å². The van der Waals surface area contributed by atoms with Gasteiger partial charge in [-0.3, -0.25) is 15.6 Å². The average molecular weight is 510 g/mol. The normalized spacial score (nSPS) is 12.4. The predicted molar refractivity (Wildman–Crippen MR) is 124 cm³/mol. The average Bonchev–Trinajstić information content (AvgIpc) is 3.15. The molecule has 0 aliphatic carbocycles. The highest BCUT2D eigenvalue weighted by molar-refractivity contribution is 7.15. The number of carbonyl (C=O) groups is 2. The molecule has 1 aromatic carbocycles. The quantitative estimate of drug-likeness (QED) is 0.195. The number of halogens is 2. The van der Waals surface area contributed by atoms with E-state index >= 15 is 0 Å². The Labute approximate surface area is 203 Å². The van der Waals surface area contributed by atoms with Gasteiger partial charge >= 0.3 is 12.1 Å². The number of carboxylic acids is 1. The highest BCUT2D eigenvalue weighted by Gasteiger charge is 2.29. The molecule has 2 aromatic rings. The zero-order valence-electron chi connectivity index (χ0n) is 18.6. The van der Waals surface area contributed by atoms with Crippen LogP contribution in [0.15, 0.2) is 23.3 Å². The maximum Gasteiger partial charge on any atom is 0.510 e. The number of aromatic nitrogens is 1. The van der Waals surface area contributed by atoms with E-state index in [1.54, 1.807) is 13.0 Å². The first kappa shape index (κ1) is 26.7. The number of nitrogens with one attached hydrogen (secondary N) is 2. The molecule has 1 atom stereocenters. The van der Waals surface area contributed by atoms with Crippen molar-refractivity contribution in [1.82, 2.24) is 10.4 Å². The van der Waals surface area contributed by atoms with Crippen LogP contribution in [0.1, 0.15) is 31.3 Å². The third kappa shape index (κ3) is 6.72. The lowest BCUT2D eigenvalue weighted by Gasteiger charge is -2.19. The number of ether oxygens (including phenoxy) is 2. The van der Waals surface area contributed by atoms with Gasteiger partial charge in [-0.2, -0.15) is 10.4 Å². The molecule has 1 aromatic heterocycles. The summed E-state index contributed by atoms with van der Waals surface area (Å²) in [6.07, 6.45) is -2.17. The number of rotatable bonds is 9. The summed E-state index contributed by atoms with van der Waals surface area (Å²) < 4.78 is 23.3. The summed E-state index contributed by atoms with van der Waals surface area (Å²) in [5, 5.41) is 30.6. The highest BCUT2D eigenvalue weighted by atomic mass is 35.5. The summed E-state index contributed by atoms with van der Waals surface area (Å²) in [4.78, 5) is 27.9. The number of hydrazone groups is 1. The largest absolute Gasteiger partial charge is 0.510 e. The standard InChI is InChI=1S/C21H21ClFN5O5S/c1-10-16(26-18(34-10)12-5-6-14(23)13(22)7-12)17(15(25)8-24)28-27-11(2)33-20(31)32-9-21(3,4)19(29)30/h5-7,11,25,27H,9H2,1-4H3,(H,29,30)/b25-15?,28-17+. The number of nitriles is 1. The van der Waals surface area contributed by atoms with E-state index in [1.807, 2.05) is 0 Å². The Morgan fingerprint density at radius 3 is 2.74 bits per heavy atom. The van der Waals surface area contributed by atoms with Crippen molar-refractivity contribution in [3.05, 3.63) is 39.6 Å². The molecule has 0 radical (unpaired) electrons. The van der Waals surface area contributed by atoms with E-state index < -0.39 is 41.9 Å². The second-order valence-corrected chi connectivity index (χ2v) is 9.23. The lowest BCUT2D eigenvalue weighted by molar-refractivity contribution is -0.149. The fourth-order valence-corrected chi connectivity index (χ4v) is 3.40. The van der Waals surface area contributed by atoms with E-state index in [2.05, 4.69) is 15.5 Å². The van der Waals surface area contributed by atoms with Crippen LogP contribution in [0, 0.1) is 34.9 Å². The molecule has 0 fully saturated rings. The van der Waals surface area contributed by atoms with Crippen molar-refractivity contribution in [2.45, 2.75) is 33.9 Å². The van der Waals surface area contributed by atoms with E-state index in [0.29, 0.717) is 15.4 Å². The van der Waals surface area contributed by atoms with Crippen LogP contribution in [0.3, 0.4) is 0 Å². The number of aliphatic carboxylic acids is 1. The molecule has 2 rings (SSSR count). The Kier molecular flexibility index (Phi) is 8.67. The topological polar surface area (TPSA) is 158 Å².